The van der Waals surface area contributed by atoms with Gasteiger partial charge in [-0.2, -0.15) is 0 Å². The molecule has 1 heterocycles. The standard InChI is InChI=1S/C22H22ClN3O3S/c1-16-6-9-20(10-7-16)30(28,29)26(21-11-8-18(23)13-17(21)2)15-22(27)25-14-19-5-3-4-12-24-19/h3-13H,14-15H2,1-2H3,(H,25,27). The highest BCUT2D eigenvalue weighted by molar-refractivity contribution is 7.92. The van der Waals surface area contributed by atoms with Crippen LogP contribution in [-0.4, -0.2) is 25.9 Å². The van der Waals surface area contributed by atoms with Crippen LogP contribution in [0.2, 0.25) is 5.02 Å². The summed E-state index contributed by atoms with van der Waals surface area (Å²) in [6.07, 6.45) is 1.63. The molecular weight excluding hydrogens is 422 g/mol. The lowest BCUT2D eigenvalue weighted by Crippen LogP contribution is -2.41. The second kappa shape index (κ2) is 9.28. The van der Waals surface area contributed by atoms with Gasteiger partial charge in [0, 0.05) is 11.2 Å². The zero-order chi connectivity index (χ0) is 21.7. The summed E-state index contributed by atoms with van der Waals surface area (Å²) in [6, 6.07) is 16.8. The molecule has 0 saturated heterocycles. The van der Waals surface area contributed by atoms with Gasteiger partial charge in [-0.15, -0.1) is 0 Å². The number of anilines is 1. The fourth-order valence-electron chi connectivity index (χ4n) is 2.91. The Kier molecular flexibility index (Phi) is 6.74. The smallest absolute Gasteiger partial charge is 0.264 e. The summed E-state index contributed by atoms with van der Waals surface area (Å²) in [5.74, 6) is -0.439. The Morgan fingerprint density at radius 3 is 2.43 bits per heavy atom. The number of aryl methyl sites for hydroxylation is 2. The minimum Gasteiger partial charge on any atom is -0.349 e. The average molecular weight is 444 g/mol. The molecule has 3 rings (SSSR count). The number of sulfonamides is 1. The minimum atomic E-state index is -3.97. The van der Waals surface area contributed by atoms with Crippen LogP contribution in [0.15, 0.2) is 71.8 Å². The van der Waals surface area contributed by atoms with Gasteiger partial charge in [-0.25, -0.2) is 8.42 Å². The molecule has 0 aliphatic carbocycles. The maximum Gasteiger partial charge on any atom is 0.264 e. The summed E-state index contributed by atoms with van der Waals surface area (Å²) < 4.78 is 27.9. The van der Waals surface area contributed by atoms with E-state index in [0.717, 1.165) is 9.87 Å². The van der Waals surface area contributed by atoms with Gasteiger partial charge in [0.15, 0.2) is 0 Å². The number of nitrogens with one attached hydrogen (secondary N) is 1. The lowest BCUT2D eigenvalue weighted by Gasteiger charge is -2.25. The third kappa shape index (κ3) is 5.17. The SMILES string of the molecule is Cc1ccc(S(=O)(=O)N(CC(=O)NCc2ccccn2)c2ccc(Cl)cc2C)cc1. The first-order valence-corrected chi connectivity index (χ1v) is 11.1. The molecule has 0 aliphatic rings. The molecule has 6 nitrogen and oxygen atoms in total. The fraction of sp³-hybridized carbons (Fsp3) is 0.182. The van der Waals surface area contributed by atoms with Gasteiger partial charge in [0.2, 0.25) is 5.91 Å². The molecule has 0 spiro atoms. The number of aromatic nitrogens is 1. The minimum absolute atomic E-state index is 0.111. The number of benzene rings is 2. The van der Waals surface area contributed by atoms with Gasteiger partial charge < -0.3 is 5.32 Å². The van der Waals surface area contributed by atoms with E-state index in [1.807, 2.05) is 13.0 Å². The summed E-state index contributed by atoms with van der Waals surface area (Å²) in [5.41, 5.74) is 2.67. The first kappa shape index (κ1) is 21.8. The molecule has 8 heteroatoms. The van der Waals surface area contributed by atoms with Crippen molar-refractivity contribution in [3.05, 3.63) is 88.7 Å². The van der Waals surface area contributed by atoms with Gasteiger partial charge in [-0.3, -0.25) is 14.1 Å². The van der Waals surface area contributed by atoms with Crippen molar-refractivity contribution in [2.24, 2.45) is 0 Å². The first-order chi connectivity index (χ1) is 14.3. The molecule has 1 amide bonds. The van der Waals surface area contributed by atoms with Crippen LogP contribution in [0.5, 0.6) is 0 Å². The Morgan fingerprint density at radius 1 is 1.07 bits per heavy atom. The third-order valence-corrected chi connectivity index (χ3v) is 6.53. The Labute approximate surface area is 181 Å². The highest BCUT2D eigenvalue weighted by Crippen LogP contribution is 2.29. The van der Waals surface area contributed by atoms with Crippen molar-refractivity contribution in [2.75, 3.05) is 10.8 Å². The molecule has 0 saturated carbocycles. The largest absolute Gasteiger partial charge is 0.349 e. The molecule has 2 aromatic carbocycles. The van der Waals surface area contributed by atoms with E-state index < -0.39 is 15.9 Å². The number of hydrogen-bond acceptors (Lipinski definition) is 4. The topological polar surface area (TPSA) is 79.4 Å². The maximum atomic E-state index is 13.4. The zero-order valence-corrected chi connectivity index (χ0v) is 18.2. The van der Waals surface area contributed by atoms with Crippen molar-refractivity contribution in [2.45, 2.75) is 25.3 Å². The molecule has 0 aliphatic heterocycles. The number of hydrogen-bond donors (Lipinski definition) is 1. The fourth-order valence-corrected chi connectivity index (χ4v) is 4.63. The normalized spacial score (nSPS) is 11.2. The van der Waals surface area contributed by atoms with E-state index in [1.165, 1.54) is 12.1 Å². The van der Waals surface area contributed by atoms with Gasteiger partial charge in [-0.05, 0) is 61.9 Å². The Balaban J connectivity index is 1.91. The van der Waals surface area contributed by atoms with E-state index in [4.69, 9.17) is 11.6 Å². The highest BCUT2D eigenvalue weighted by Gasteiger charge is 2.28. The Bertz CT molecular complexity index is 1130. The molecule has 0 radical (unpaired) electrons. The maximum absolute atomic E-state index is 13.4. The number of pyridine rings is 1. The summed E-state index contributed by atoms with van der Waals surface area (Å²) in [4.78, 5) is 16.9. The molecule has 1 N–H and O–H groups in total. The molecule has 0 fully saturated rings. The van der Waals surface area contributed by atoms with E-state index in [2.05, 4.69) is 10.3 Å². The monoisotopic (exact) mass is 443 g/mol. The van der Waals surface area contributed by atoms with Gasteiger partial charge in [-0.1, -0.05) is 35.4 Å². The first-order valence-electron chi connectivity index (χ1n) is 9.29. The molecular formula is C22H22ClN3O3S. The van der Waals surface area contributed by atoms with Crippen LogP contribution in [0.1, 0.15) is 16.8 Å². The molecule has 30 heavy (non-hydrogen) atoms. The number of nitrogens with zero attached hydrogens (tertiary/aromatic N) is 2. The van der Waals surface area contributed by atoms with Crippen molar-refractivity contribution >= 4 is 33.2 Å². The molecule has 0 atom stereocenters. The molecule has 3 aromatic rings. The van der Waals surface area contributed by atoms with Crippen LogP contribution in [0.4, 0.5) is 5.69 Å². The van der Waals surface area contributed by atoms with Gasteiger partial charge in [0.1, 0.15) is 6.54 Å². The second-order valence-corrected chi connectivity index (χ2v) is 9.15. The Morgan fingerprint density at radius 2 is 1.80 bits per heavy atom. The molecule has 0 bridgehead atoms. The van der Waals surface area contributed by atoms with E-state index >= 15 is 0 Å². The Hall–Kier alpha value is -2.90. The summed E-state index contributed by atoms with van der Waals surface area (Å²) in [6.45, 7) is 3.47. The highest BCUT2D eigenvalue weighted by atomic mass is 35.5. The van der Waals surface area contributed by atoms with Crippen LogP contribution in [0.3, 0.4) is 0 Å². The predicted octanol–water partition coefficient (Wildman–Crippen LogP) is 3.86. The van der Waals surface area contributed by atoms with Gasteiger partial charge in [0.25, 0.3) is 10.0 Å². The number of amides is 1. The molecule has 156 valence electrons. The van der Waals surface area contributed by atoms with E-state index in [0.29, 0.717) is 22.0 Å². The van der Waals surface area contributed by atoms with Crippen molar-refractivity contribution in [1.82, 2.24) is 10.3 Å². The summed E-state index contributed by atoms with van der Waals surface area (Å²) in [7, 11) is -3.97. The van der Waals surface area contributed by atoms with Crippen LogP contribution >= 0.6 is 11.6 Å². The quantitative estimate of drug-likeness (QED) is 0.601. The van der Waals surface area contributed by atoms with Gasteiger partial charge in [0.05, 0.1) is 22.8 Å². The van der Waals surface area contributed by atoms with Crippen LogP contribution < -0.4 is 9.62 Å². The van der Waals surface area contributed by atoms with E-state index in [-0.39, 0.29) is 18.0 Å². The summed E-state index contributed by atoms with van der Waals surface area (Å²) >= 11 is 6.04. The lowest BCUT2D eigenvalue weighted by molar-refractivity contribution is -0.119. The number of rotatable bonds is 7. The van der Waals surface area contributed by atoms with E-state index in [1.54, 1.807) is 55.6 Å². The summed E-state index contributed by atoms with van der Waals surface area (Å²) in [5, 5.41) is 3.22. The lowest BCUT2D eigenvalue weighted by atomic mass is 10.2. The van der Waals surface area contributed by atoms with Crippen molar-refractivity contribution in [1.29, 1.82) is 0 Å². The van der Waals surface area contributed by atoms with E-state index in [9.17, 15) is 13.2 Å². The zero-order valence-electron chi connectivity index (χ0n) is 16.7. The second-order valence-electron chi connectivity index (χ2n) is 6.85. The van der Waals surface area contributed by atoms with Crippen molar-refractivity contribution in [3.63, 3.8) is 0 Å². The van der Waals surface area contributed by atoms with Crippen molar-refractivity contribution < 1.29 is 13.2 Å². The third-order valence-electron chi connectivity index (χ3n) is 4.52. The average Bonchev–Trinajstić information content (AvgIpc) is 2.72. The molecule has 1 aromatic heterocycles. The van der Waals surface area contributed by atoms with Gasteiger partial charge >= 0.3 is 0 Å². The number of carbonyl (C=O) groups excluding carboxylic acids is 1. The van der Waals surface area contributed by atoms with Crippen LogP contribution in [-0.2, 0) is 21.4 Å². The molecule has 0 unspecified atom stereocenters. The van der Waals surface area contributed by atoms with Crippen LogP contribution in [0.25, 0.3) is 0 Å². The number of halogens is 1. The van der Waals surface area contributed by atoms with Crippen LogP contribution in [0, 0.1) is 13.8 Å². The predicted molar refractivity (Wildman–Crippen MR) is 118 cm³/mol. The number of carbonyl (C=O) groups is 1. The van der Waals surface area contributed by atoms with Crippen molar-refractivity contribution in [3.8, 4) is 0 Å².